The largest absolute Gasteiger partial charge is 0.369 e. The molecule has 3 nitrogen and oxygen atoms in total. The van der Waals surface area contributed by atoms with Gasteiger partial charge in [-0.25, -0.2) is 0 Å². The molecule has 0 saturated heterocycles. The van der Waals surface area contributed by atoms with Crippen LogP contribution in [0.15, 0.2) is 0 Å². The van der Waals surface area contributed by atoms with Crippen molar-refractivity contribution < 1.29 is 9.63 Å². The highest BCUT2D eigenvalue weighted by Crippen LogP contribution is 1.91. The van der Waals surface area contributed by atoms with Crippen LogP contribution < -0.4 is 0 Å². The van der Waals surface area contributed by atoms with Crippen LogP contribution in [0.3, 0.4) is 0 Å². The van der Waals surface area contributed by atoms with Crippen molar-refractivity contribution in [3.05, 3.63) is 0 Å². The summed E-state index contributed by atoms with van der Waals surface area (Å²) < 4.78 is 0. The summed E-state index contributed by atoms with van der Waals surface area (Å²) >= 11 is 0. The van der Waals surface area contributed by atoms with Crippen LogP contribution in [0.25, 0.3) is 0 Å². The smallest absolute Gasteiger partial charge is 0.325 e. The highest BCUT2D eigenvalue weighted by atomic mass is 16.7. The fourth-order valence-corrected chi connectivity index (χ4v) is 0.453. The molecule has 0 aromatic heterocycles. The van der Waals surface area contributed by atoms with Crippen molar-refractivity contribution in [3.8, 4) is 0 Å². The Labute approximate surface area is 55.6 Å². The molecule has 0 aromatic carbocycles. The molecule has 0 unspecified atom stereocenters. The summed E-state index contributed by atoms with van der Waals surface area (Å²) in [6.45, 7) is 1.94. The van der Waals surface area contributed by atoms with E-state index in [1.54, 1.807) is 14.1 Å². The SMILES string of the molecule is CCCC(=O)ON(C)C. The average Bonchev–Trinajstić information content (AvgIpc) is 1.63. The second kappa shape index (κ2) is 4.32. The van der Waals surface area contributed by atoms with Gasteiger partial charge in [-0.1, -0.05) is 6.92 Å². The lowest BCUT2D eigenvalue weighted by molar-refractivity contribution is -0.178. The summed E-state index contributed by atoms with van der Waals surface area (Å²) in [5, 5.41) is 1.40. The quantitative estimate of drug-likeness (QED) is 0.531. The molecule has 0 radical (unpaired) electrons. The van der Waals surface area contributed by atoms with Crippen molar-refractivity contribution in [2.45, 2.75) is 19.8 Å². The van der Waals surface area contributed by atoms with E-state index < -0.39 is 0 Å². The van der Waals surface area contributed by atoms with Crippen LogP contribution in [0.1, 0.15) is 19.8 Å². The molecule has 0 rings (SSSR count). The number of nitrogens with zero attached hydrogens (tertiary/aromatic N) is 1. The fourth-order valence-electron chi connectivity index (χ4n) is 0.453. The Morgan fingerprint density at radius 1 is 1.56 bits per heavy atom. The molecule has 0 spiro atoms. The maximum absolute atomic E-state index is 10.6. The van der Waals surface area contributed by atoms with Crippen molar-refractivity contribution in [2.75, 3.05) is 14.1 Å². The van der Waals surface area contributed by atoms with Crippen LogP contribution in [-0.2, 0) is 9.63 Å². The van der Waals surface area contributed by atoms with E-state index in [-0.39, 0.29) is 5.97 Å². The molecule has 9 heavy (non-hydrogen) atoms. The van der Waals surface area contributed by atoms with Crippen molar-refractivity contribution in [3.63, 3.8) is 0 Å². The van der Waals surface area contributed by atoms with Crippen LogP contribution in [0, 0.1) is 0 Å². The molecule has 0 bridgehead atoms. The van der Waals surface area contributed by atoms with E-state index in [9.17, 15) is 4.79 Å². The number of hydroxylamine groups is 2. The molecule has 0 amide bonds. The summed E-state index contributed by atoms with van der Waals surface area (Å²) in [6, 6.07) is 0. The molecule has 0 aliphatic rings. The van der Waals surface area contributed by atoms with Crippen LogP contribution in [0.2, 0.25) is 0 Å². The van der Waals surface area contributed by atoms with Gasteiger partial charge in [0, 0.05) is 20.5 Å². The molecular weight excluding hydrogens is 118 g/mol. The van der Waals surface area contributed by atoms with Gasteiger partial charge in [0.05, 0.1) is 0 Å². The van der Waals surface area contributed by atoms with Gasteiger partial charge in [-0.05, 0) is 6.42 Å². The Balaban J connectivity index is 3.27. The maximum Gasteiger partial charge on any atom is 0.325 e. The van der Waals surface area contributed by atoms with E-state index in [1.807, 2.05) is 6.92 Å². The topological polar surface area (TPSA) is 29.5 Å². The molecule has 0 fully saturated rings. The van der Waals surface area contributed by atoms with Gasteiger partial charge in [0.15, 0.2) is 0 Å². The molecule has 0 heterocycles. The number of hydrogen-bond acceptors (Lipinski definition) is 3. The molecule has 0 atom stereocenters. The first kappa shape index (κ1) is 8.43. The normalized spacial score (nSPS) is 9.78. The number of hydrogen-bond donors (Lipinski definition) is 0. The first-order chi connectivity index (χ1) is 4.16. The summed E-state index contributed by atoms with van der Waals surface area (Å²) in [6.07, 6.45) is 1.34. The Morgan fingerprint density at radius 3 is 2.44 bits per heavy atom. The second-order valence-electron chi connectivity index (χ2n) is 2.03. The number of rotatable bonds is 3. The van der Waals surface area contributed by atoms with E-state index in [0.29, 0.717) is 6.42 Å². The van der Waals surface area contributed by atoms with Gasteiger partial charge in [-0.2, -0.15) is 0 Å². The minimum Gasteiger partial charge on any atom is -0.369 e. The molecule has 0 aliphatic carbocycles. The zero-order chi connectivity index (χ0) is 7.28. The molecule has 0 saturated carbocycles. The third-order valence-corrected chi connectivity index (χ3v) is 0.739. The Morgan fingerprint density at radius 2 is 2.11 bits per heavy atom. The Hall–Kier alpha value is -0.570. The predicted molar refractivity (Wildman–Crippen MR) is 34.7 cm³/mol. The molecule has 3 heteroatoms. The van der Waals surface area contributed by atoms with E-state index >= 15 is 0 Å². The fraction of sp³-hybridized carbons (Fsp3) is 0.833. The monoisotopic (exact) mass is 131 g/mol. The lowest BCUT2D eigenvalue weighted by Gasteiger charge is -2.08. The number of carbonyl (C=O) groups excluding carboxylic acids is 1. The van der Waals surface area contributed by atoms with Crippen LogP contribution in [0.4, 0.5) is 0 Å². The maximum atomic E-state index is 10.6. The van der Waals surface area contributed by atoms with Crippen LogP contribution in [-0.4, -0.2) is 25.1 Å². The van der Waals surface area contributed by atoms with Gasteiger partial charge in [0.1, 0.15) is 0 Å². The second-order valence-corrected chi connectivity index (χ2v) is 2.03. The van der Waals surface area contributed by atoms with Crippen LogP contribution >= 0.6 is 0 Å². The summed E-state index contributed by atoms with van der Waals surface area (Å²) in [5.41, 5.74) is 0. The first-order valence-corrected chi connectivity index (χ1v) is 3.05. The zero-order valence-corrected chi connectivity index (χ0v) is 6.18. The van der Waals surface area contributed by atoms with E-state index in [0.717, 1.165) is 6.42 Å². The van der Waals surface area contributed by atoms with E-state index in [2.05, 4.69) is 4.84 Å². The Kier molecular flexibility index (Phi) is 4.05. The highest BCUT2D eigenvalue weighted by Gasteiger charge is 2.00. The lowest BCUT2D eigenvalue weighted by atomic mass is 10.3. The molecule has 0 N–H and O–H groups in total. The average molecular weight is 131 g/mol. The predicted octanol–water partition coefficient (Wildman–Crippen LogP) is 0.806. The Bertz CT molecular complexity index is 91.1. The van der Waals surface area contributed by atoms with Gasteiger partial charge in [-0.15, -0.1) is 5.06 Å². The van der Waals surface area contributed by atoms with Crippen molar-refractivity contribution >= 4 is 5.97 Å². The number of carbonyl (C=O) groups is 1. The summed E-state index contributed by atoms with van der Waals surface area (Å²) in [4.78, 5) is 15.3. The van der Waals surface area contributed by atoms with Gasteiger partial charge in [0.25, 0.3) is 0 Å². The minimum absolute atomic E-state index is 0.164. The molecule has 0 aromatic rings. The molecule has 54 valence electrons. The van der Waals surface area contributed by atoms with E-state index in [1.165, 1.54) is 5.06 Å². The van der Waals surface area contributed by atoms with Gasteiger partial charge in [0.2, 0.25) is 0 Å². The van der Waals surface area contributed by atoms with Gasteiger partial charge in [-0.3, -0.25) is 4.79 Å². The summed E-state index contributed by atoms with van der Waals surface area (Å²) in [7, 11) is 3.38. The van der Waals surface area contributed by atoms with Crippen LogP contribution in [0.5, 0.6) is 0 Å². The van der Waals surface area contributed by atoms with Crippen molar-refractivity contribution in [2.24, 2.45) is 0 Å². The van der Waals surface area contributed by atoms with Gasteiger partial charge < -0.3 is 4.84 Å². The summed E-state index contributed by atoms with van der Waals surface area (Å²) in [5.74, 6) is -0.164. The minimum atomic E-state index is -0.164. The molecule has 0 aliphatic heterocycles. The highest BCUT2D eigenvalue weighted by molar-refractivity contribution is 5.68. The third-order valence-electron chi connectivity index (χ3n) is 0.739. The lowest BCUT2D eigenvalue weighted by Crippen LogP contribution is -2.17. The van der Waals surface area contributed by atoms with E-state index in [4.69, 9.17) is 0 Å². The first-order valence-electron chi connectivity index (χ1n) is 3.05. The molecular formula is C6H13NO2. The van der Waals surface area contributed by atoms with Crippen molar-refractivity contribution in [1.82, 2.24) is 5.06 Å². The van der Waals surface area contributed by atoms with Crippen molar-refractivity contribution in [1.29, 1.82) is 0 Å². The van der Waals surface area contributed by atoms with Gasteiger partial charge >= 0.3 is 5.97 Å². The third kappa shape index (κ3) is 5.30. The zero-order valence-electron chi connectivity index (χ0n) is 6.18. The standard InChI is InChI=1S/C6H13NO2/c1-4-5-6(8)9-7(2)3/h4-5H2,1-3H3.